The van der Waals surface area contributed by atoms with Gasteiger partial charge in [0, 0.05) is 30.9 Å². The zero-order chi connectivity index (χ0) is 24.8. The maximum atomic E-state index is 13.4. The molecule has 3 aromatic carbocycles. The van der Waals surface area contributed by atoms with Gasteiger partial charge in [0.15, 0.2) is 0 Å². The van der Waals surface area contributed by atoms with Crippen molar-refractivity contribution in [3.05, 3.63) is 100 Å². The SMILES string of the molecule is Cc1cc(C)c(C(=O)N2CCC(c3ccc(C#N)cc3)CC2)cc1NC(=O)NCc1ccccc1. The van der Waals surface area contributed by atoms with Crippen molar-refractivity contribution in [2.24, 2.45) is 0 Å². The molecule has 6 heteroatoms. The molecule has 35 heavy (non-hydrogen) atoms. The van der Waals surface area contributed by atoms with Gasteiger partial charge >= 0.3 is 6.03 Å². The number of nitriles is 1. The number of piperidine rings is 1. The Bertz CT molecular complexity index is 1240. The van der Waals surface area contributed by atoms with Gasteiger partial charge in [-0.3, -0.25) is 4.79 Å². The molecule has 3 aromatic rings. The molecule has 0 radical (unpaired) electrons. The van der Waals surface area contributed by atoms with Crippen LogP contribution in [0.2, 0.25) is 0 Å². The van der Waals surface area contributed by atoms with E-state index in [1.807, 2.05) is 79.4 Å². The maximum absolute atomic E-state index is 13.4. The average molecular weight is 467 g/mol. The molecule has 0 aliphatic carbocycles. The molecule has 0 bridgehead atoms. The van der Waals surface area contributed by atoms with Gasteiger partial charge in [0.05, 0.1) is 11.6 Å². The average Bonchev–Trinajstić information content (AvgIpc) is 2.89. The number of benzene rings is 3. The molecule has 4 rings (SSSR count). The zero-order valence-corrected chi connectivity index (χ0v) is 20.2. The molecular weight excluding hydrogens is 436 g/mol. The highest BCUT2D eigenvalue weighted by atomic mass is 16.2. The fourth-order valence-electron chi connectivity index (χ4n) is 4.58. The molecule has 0 aromatic heterocycles. The minimum atomic E-state index is -0.303. The standard InChI is InChI=1S/C29H30N4O2/c1-20-16-21(2)27(32-29(35)31-19-23-6-4-3-5-7-23)17-26(20)28(34)33-14-12-25(13-15-33)24-10-8-22(18-30)9-11-24/h3-11,16-17,25H,12-15,19H2,1-2H3,(H2,31,32,35). The van der Waals surface area contributed by atoms with Gasteiger partial charge in [-0.15, -0.1) is 0 Å². The zero-order valence-electron chi connectivity index (χ0n) is 20.2. The van der Waals surface area contributed by atoms with Crippen LogP contribution in [0.5, 0.6) is 0 Å². The summed E-state index contributed by atoms with van der Waals surface area (Å²) >= 11 is 0. The lowest BCUT2D eigenvalue weighted by Gasteiger charge is -2.33. The molecule has 1 aliphatic heterocycles. The summed E-state index contributed by atoms with van der Waals surface area (Å²) in [7, 11) is 0. The van der Waals surface area contributed by atoms with Gasteiger partial charge in [0.2, 0.25) is 0 Å². The van der Waals surface area contributed by atoms with Crippen LogP contribution in [0.15, 0.2) is 66.7 Å². The summed E-state index contributed by atoms with van der Waals surface area (Å²) in [5.41, 5.74) is 5.96. The topological polar surface area (TPSA) is 85.2 Å². The van der Waals surface area contributed by atoms with Gasteiger partial charge in [0.1, 0.15) is 0 Å². The molecule has 1 saturated heterocycles. The van der Waals surface area contributed by atoms with Gasteiger partial charge in [-0.05, 0) is 73.1 Å². The first-order valence-corrected chi connectivity index (χ1v) is 11.9. The quantitative estimate of drug-likeness (QED) is 0.519. The van der Waals surface area contributed by atoms with Crippen LogP contribution >= 0.6 is 0 Å². The van der Waals surface area contributed by atoms with E-state index in [9.17, 15) is 9.59 Å². The van der Waals surface area contributed by atoms with Crippen molar-refractivity contribution in [2.45, 2.75) is 39.2 Å². The molecule has 3 amide bonds. The molecule has 0 atom stereocenters. The number of carbonyl (C=O) groups excluding carboxylic acids is 2. The van der Waals surface area contributed by atoms with Crippen LogP contribution in [0.3, 0.4) is 0 Å². The third-order valence-corrected chi connectivity index (χ3v) is 6.64. The normalized spacial score (nSPS) is 13.7. The Morgan fingerprint density at radius 2 is 1.66 bits per heavy atom. The largest absolute Gasteiger partial charge is 0.339 e. The van der Waals surface area contributed by atoms with Crippen LogP contribution in [0.4, 0.5) is 10.5 Å². The van der Waals surface area contributed by atoms with Crippen molar-refractivity contribution in [3.8, 4) is 6.07 Å². The predicted molar refractivity (Wildman–Crippen MR) is 137 cm³/mol. The van der Waals surface area contributed by atoms with Gasteiger partial charge in [-0.1, -0.05) is 48.5 Å². The number of rotatable bonds is 5. The molecular formula is C29H30N4O2. The fourth-order valence-corrected chi connectivity index (χ4v) is 4.58. The van der Waals surface area contributed by atoms with Crippen molar-refractivity contribution in [1.82, 2.24) is 10.2 Å². The highest BCUT2D eigenvalue weighted by molar-refractivity contribution is 5.98. The van der Waals surface area contributed by atoms with Crippen molar-refractivity contribution in [1.29, 1.82) is 5.26 Å². The second-order valence-corrected chi connectivity index (χ2v) is 9.08. The Morgan fingerprint density at radius 3 is 2.31 bits per heavy atom. The summed E-state index contributed by atoms with van der Waals surface area (Å²) in [5.74, 6) is 0.380. The van der Waals surface area contributed by atoms with Crippen molar-refractivity contribution < 1.29 is 9.59 Å². The first kappa shape index (κ1) is 24.0. The maximum Gasteiger partial charge on any atom is 0.319 e. The third-order valence-electron chi connectivity index (χ3n) is 6.64. The molecule has 0 spiro atoms. The van der Waals surface area contributed by atoms with Crippen LogP contribution < -0.4 is 10.6 Å². The fraction of sp³-hybridized carbons (Fsp3) is 0.276. The lowest BCUT2D eigenvalue weighted by Crippen LogP contribution is -2.38. The number of nitrogens with one attached hydrogen (secondary N) is 2. The van der Waals surface area contributed by atoms with Crippen LogP contribution in [0.1, 0.15) is 56.9 Å². The summed E-state index contributed by atoms with van der Waals surface area (Å²) in [6.45, 7) is 5.64. The number of urea groups is 1. The lowest BCUT2D eigenvalue weighted by molar-refractivity contribution is 0.0712. The number of carbonyl (C=O) groups is 2. The molecule has 0 unspecified atom stereocenters. The lowest BCUT2D eigenvalue weighted by atomic mass is 9.88. The second-order valence-electron chi connectivity index (χ2n) is 9.08. The van der Waals surface area contributed by atoms with Gasteiger partial charge in [0.25, 0.3) is 5.91 Å². The van der Waals surface area contributed by atoms with E-state index in [1.165, 1.54) is 5.56 Å². The summed E-state index contributed by atoms with van der Waals surface area (Å²) in [6.07, 6.45) is 1.77. The second kappa shape index (κ2) is 10.9. The number of likely N-dealkylation sites (tertiary alicyclic amines) is 1. The monoisotopic (exact) mass is 466 g/mol. The Kier molecular flexibility index (Phi) is 7.47. The predicted octanol–water partition coefficient (Wildman–Crippen LogP) is 5.52. The number of amides is 3. The molecule has 178 valence electrons. The molecule has 2 N–H and O–H groups in total. The molecule has 1 heterocycles. The highest BCUT2D eigenvalue weighted by Crippen LogP contribution is 2.30. The van der Waals surface area contributed by atoms with Crippen LogP contribution in [0, 0.1) is 25.2 Å². The van der Waals surface area contributed by atoms with Gasteiger partial charge < -0.3 is 15.5 Å². The number of aryl methyl sites for hydroxylation is 2. The summed E-state index contributed by atoms with van der Waals surface area (Å²) in [4.78, 5) is 27.8. The van der Waals surface area contributed by atoms with E-state index in [4.69, 9.17) is 5.26 Å². The van der Waals surface area contributed by atoms with Crippen molar-refractivity contribution in [2.75, 3.05) is 18.4 Å². The Balaban J connectivity index is 1.39. The Hall–Kier alpha value is -4.11. The van der Waals surface area contributed by atoms with E-state index in [0.29, 0.717) is 42.4 Å². The summed E-state index contributed by atoms with van der Waals surface area (Å²) < 4.78 is 0. The van der Waals surface area contributed by atoms with E-state index in [-0.39, 0.29) is 11.9 Å². The number of hydrogen-bond acceptors (Lipinski definition) is 3. The highest BCUT2D eigenvalue weighted by Gasteiger charge is 2.26. The first-order chi connectivity index (χ1) is 16.9. The third kappa shape index (κ3) is 5.88. The van der Waals surface area contributed by atoms with Crippen LogP contribution in [-0.2, 0) is 6.54 Å². The molecule has 0 saturated carbocycles. The Morgan fingerprint density at radius 1 is 0.971 bits per heavy atom. The van der Waals surface area contributed by atoms with E-state index in [2.05, 4.69) is 16.7 Å². The summed E-state index contributed by atoms with van der Waals surface area (Å²) in [6, 6.07) is 23.1. The first-order valence-electron chi connectivity index (χ1n) is 11.9. The minimum absolute atomic E-state index is 0.00600. The van der Waals surface area contributed by atoms with Crippen LogP contribution in [-0.4, -0.2) is 29.9 Å². The smallest absolute Gasteiger partial charge is 0.319 e. The van der Waals surface area contributed by atoms with Crippen molar-refractivity contribution in [3.63, 3.8) is 0 Å². The summed E-state index contributed by atoms with van der Waals surface area (Å²) in [5, 5.41) is 14.8. The minimum Gasteiger partial charge on any atom is -0.339 e. The molecule has 6 nitrogen and oxygen atoms in total. The Labute approximate surface area is 206 Å². The number of anilines is 1. The van der Waals surface area contributed by atoms with E-state index >= 15 is 0 Å². The molecule has 1 aliphatic rings. The van der Waals surface area contributed by atoms with E-state index in [1.54, 1.807) is 6.07 Å². The van der Waals surface area contributed by atoms with Crippen LogP contribution in [0.25, 0.3) is 0 Å². The van der Waals surface area contributed by atoms with Gasteiger partial charge in [-0.2, -0.15) is 5.26 Å². The van der Waals surface area contributed by atoms with E-state index in [0.717, 1.165) is 29.5 Å². The van der Waals surface area contributed by atoms with Gasteiger partial charge in [-0.25, -0.2) is 4.79 Å². The van der Waals surface area contributed by atoms with Crippen molar-refractivity contribution >= 4 is 17.6 Å². The molecule has 1 fully saturated rings. The number of nitrogens with zero attached hydrogens (tertiary/aromatic N) is 2. The van der Waals surface area contributed by atoms with E-state index < -0.39 is 0 Å². The number of hydrogen-bond donors (Lipinski definition) is 2.